The third kappa shape index (κ3) is 2.59. The van der Waals surface area contributed by atoms with E-state index in [0.717, 1.165) is 0 Å². The fourth-order valence-corrected chi connectivity index (χ4v) is 2.92. The van der Waals surface area contributed by atoms with Crippen LogP contribution in [0.3, 0.4) is 0 Å². The van der Waals surface area contributed by atoms with Gasteiger partial charge in [0.2, 0.25) is 0 Å². The van der Waals surface area contributed by atoms with E-state index in [1.165, 1.54) is 28.9 Å². The molecule has 0 bridgehead atoms. The molecule has 0 unspecified atom stereocenters. The van der Waals surface area contributed by atoms with Gasteiger partial charge in [-0.25, -0.2) is 4.68 Å². The van der Waals surface area contributed by atoms with E-state index < -0.39 is 10.1 Å². The molecule has 22 heavy (non-hydrogen) atoms. The Balaban J connectivity index is 2.19. The van der Waals surface area contributed by atoms with Gasteiger partial charge in [-0.15, -0.1) is 0 Å². The molecule has 0 radical (unpaired) electrons. The largest absolute Gasteiger partial charge is 0.295 e. The van der Waals surface area contributed by atoms with Crippen molar-refractivity contribution in [1.82, 2.24) is 9.78 Å². The van der Waals surface area contributed by atoms with Gasteiger partial charge >= 0.3 is 0 Å². The molecule has 0 fully saturated rings. The predicted molar refractivity (Wildman–Crippen MR) is 81.6 cm³/mol. The van der Waals surface area contributed by atoms with Crippen LogP contribution in [0.2, 0.25) is 0 Å². The molecule has 2 N–H and O–H groups in total. The molecule has 0 aliphatic carbocycles. The molecule has 0 saturated heterocycles. The van der Waals surface area contributed by atoms with Crippen LogP contribution in [0.4, 0.5) is 0 Å². The summed E-state index contributed by atoms with van der Waals surface area (Å²) in [6.07, 6.45) is 0. The topological polar surface area (TPSA) is 92.2 Å². The molecule has 2 aromatic carbocycles. The average molecular weight is 316 g/mol. The quantitative estimate of drug-likeness (QED) is 0.724. The number of hydrogen-bond donors (Lipinski definition) is 2. The fraction of sp³-hybridized carbons (Fsp3) is 0. The van der Waals surface area contributed by atoms with Gasteiger partial charge in [-0.2, -0.15) is 8.42 Å². The van der Waals surface area contributed by atoms with E-state index in [-0.39, 0.29) is 16.0 Å². The minimum atomic E-state index is -4.38. The summed E-state index contributed by atoms with van der Waals surface area (Å²) in [5.41, 5.74) is 0.841. The van der Waals surface area contributed by atoms with Crippen LogP contribution in [0.5, 0.6) is 0 Å². The lowest BCUT2D eigenvalue weighted by molar-refractivity contribution is 0.483. The number of rotatable bonds is 3. The summed E-state index contributed by atoms with van der Waals surface area (Å²) in [4.78, 5) is 11.8. The number of nitrogens with one attached hydrogen (secondary N) is 1. The highest BCUT2D eigenvalue weighted by Gasteiger charge is 2.18. The van der Waals surface area contributed by atoms with Crippen LogP contribution in [0.1, 0.15) is 0 Å². The summed E-state index contributed by atoms with van der Waals surface area (Å²) in [7, 11) is -4.38. The molecule has 0 saturated carbocycles. The van der Waals surface area contributed by atoms with Crippen molar-refractivity contribution in [2.45, 2.75) is 4.90 Å². The second kappa shape index (κ2) is 5.28. The highest BCUT2D eigenvalue weighted by atomic mass is 32.2. The summed E-state index contributed by atoms with van der Waals surface area (Å²) < 4.78 is 33.5. The van der Waals surface area contributed by atoms with E-state index in [4.69, 9.17) is 0 Å². The van der Waals surface area contributed by atoms with Crippen LogP contribution in [0.15, 0.2) is 70.4 Å². The minimum absolute atomic E-state index is 0.233. The summed E-state index contributed by atoms with van der Waals surface area (Å²) in [5.74, 6) is 0. The Morgan fingerprint density at radius 3 is 2.27 bits per heavy atom. The van der Waals surface area contributed by atoms with Gasteiger partial charge in [0.05, 0.1) is 11.4 Å². The number of hydrogen-bond acceptors (Lipinski definition) is 3. The minimum Gasteiger partial charge on any atom is -0.290 e. The van der Waals surface area contributed by atoms with Gasteiger partial charge in [-0.3, -0.25) is 14.4 Å². The molecular formula is C15H12N2O4S. The molecule has 7 heteroatoms. The highest BCUT2D eigenvalue weighted by Crippen LogP contribution is 2.25. The SMILES string of the molecule is O=c1cc(-c2ccccc2S(=O)(=O)O)[nH]n1-c1ccccc1. The van der Waals surface area contributed by atoms with Gasteiger partial charge in [0, 0.05) is 11.6 Å². The smallest absolute Gasteiger partial charge is 0.290 e. The first kappa shape index (κ1) is 14.3. The Morgan fingerprint density at radius 1 is 0.955 bits per heavy atom. The maximum atomic E-state index is 12.1. The Morgan fingerprint density at radius 2 is 1.59 bits per heavy atom. The molecule has 3 rings (SSSR count). The molecule has 0 atom stereocenters. The van der Waals surface area contributed by atoms with Crippen molar-refractivity contribution in [1.29, 1.82) is 0 Å². The maximum Gasteiger partial charge on any atom is 0.295 e. The number of aromatic nitrogens is 2. The first-order valence-corrected chi connectivity index (χ1v) is 7.85. The van der Waals surface area contributed by atoms with Crippen molar-refractivity contribution in [3.05, 3.63) is 71.0 Å². The van der Waals surface area contributed by atoms with E-state index in [1.54, 1.807) is 30.3 Å². The normalized spacial score (nSPS) is 11.5. The van der Waals surface area contributed by atoms with Crippen molar-refractivity contribution in [3.63, 3.8) is 0 Å². The van der Waals surface area contributed by atoms with Gasteiger partial charge in [-0.05, 0) is 18.2 Å². The van der Waals surface area contributed by atoms with Gasteiger partial charge in [0.1, 0.15) is 4.90 Å². The zero-order chi connectivity index (χ0) is 15.7. The average Bonchev–Trinajstić information content (AvgIpc) is 2.89. The third-order valence-electron chi connectivity index (χ3n) is 3.19. The molecule has 0 spiro atoms. The first-order valence-electron chi connectivity index (χ1n) is 6.41. The number of aromatic amines is 1. The lowest BCUT2D eigenvalue weighted by atomic mass is 10.1. The van der Waals surface area contributed by atoms with E-state index >= 15 is 0 Å². The van der Waals surface area contributed by atoms with Gasteiger partial charge < -0.3 is 0 Å². The zero-order valence-electron chi connectivity index (χ0n) is 11.3. The Kier molecular flexibility index (Phi) is 3.44. The molecule has 0 amide bonds. The standard InChI is InChI=1S/C15H12N2O4S/c18-15-10-13(16-17(15)11-6-2-1-3-7-11)12-8-4-5-9-14(12)22(19,20)21/h1-10,16H,(H,19,20,21). The van der Waals surface area contributed by atoms with Crippen LogP contribution >= 0.6 is 0 Å². The summed E-state index contributed by atoms with van der Waals surface area (Å²) in [6.45, 7) is 0. The first-order chi connectivity index (χ1) is 10.5. The number of nitrogens with zero attached hydrogens (tertiary/aromatic N) is 1. The molecule has 1 aromatic heterocycles. The number of benzene rings is 2. The van der Waals surface area contributed by atoms with Crippen LogP contribution in [0.25, 0.3) is 16.9 Å². The second-order valence-corrected chi connectivity index (χ2v) is 6.04. The molecule has 3 aromatic rings. The summed E-state index contributed by atoms with van der Waals surface area (Å²) in [6, 6.07) is 16.1. The maximum absolute atomic E-state index is 12.1. The van der Waals surface area contributed by atoms with Crippen LogP contribution < -0.4 is 5.56 Å². The highest BCUT2D eigenvalue weighted by molar-refractivity contribution is 7.86. The Bertz CT molecular complexity index is 972. The van der Waals surface area contributed by atoms with Gasteiger partial charge in [0.25, 0.3) is 15.7 Å². The monoisotopic (exact) mass is 316 g/mol. The Hall–Kier alpha value is -2.64. The lowest BCUT2D eigenvalue weighted by Gasteiger charge is -2.05. The van der Waals surface area contributed by atoms with E-state index in [1.807, 2.05) is 6.07 Å². The van der Waals surface area contributed by atoms with E-state index in [2.05, 4.69) is 5.10 Å². The predicted octanol–water partition coefficient (Wildman–Crippen LogP) is 2.08. The number of para-hydroxylation sites is 1. The van der Waals surface area contributed by atoms with Crippen molar-refractivity contribution in [2.75, 3.05) is 0 Å². The van der Waals surface area contributed by atoms with Crippen molar-refractivity contribution < 1.29 is 13.0 Å². The summed E-state index contributed by atoms with van der Waals surface area (Å²) >= 11 is 0. The zero-order valence-corrected chi connectivity index (χ0v) is 12.1. The third-order valence-corrected chi connectivity index (χ3v) is 4.10. The Labute approximate surface area is 126 Å². The van der Waals surface area contributed by atoms with Crippen LogP contribution in [-0.2, 0) is 10.1 Å². The lowest BCUT2D eigenvalue weighted by Crippen LogP contribution is -2.12. The van der Waals surface area contributed by atoms with Gasteiger partial charge in [0.15, 0.2) is 0 Å². The van der Waals surface area contributed by atoms with Crippen molar-refractivity contribution in [3.8, 4) is 16.9 Å². The molecular weight excluding hydrogens is 304 g/mol. The second-order valence-electron chi connectivity index (χ2n) is 4.65. The molecule has 0 aliphatic rings. The fourth-order valence-electron chi connectivity index (χ4n) is 2.22. The van der Waals surface area contributed by atoms with Crippen molar-refractivity contribution >= 4 is 10.1 Å². The van der Waals surface area contributed by atoms with Crippen LogP contribution in [0, 0.1) is 0 Å². The molecule has 0 aliphatic heterocycles. The van der Waals surface area contributed by atoms with E-state index in [9.17, 15) is 17.8 Å². The van der Waals surface area contributed by atoms with Gasteiger partial charge in [-0.1, -0.05) is 36.4 Å². The van der Waals surface area contributed by atoms with Crippen molar-refractivity contribution in [2.24, 2.45) is 0 Å². The molecule has 1 heterocycles. The molecule has 112 valence electrons. The number of H-pyrrole nitrogens is 1. The van der Waals surface area contributed by atoms with E-state index in [0.29, 0.717) is 11.4 Å². The summed E-state index contributed by atoms with van der Waals surface area (Å²) in [5, 5.41) is 2.86. The molecule has 6 nitrogen and oxygen atoms in total. The van der Waals surface area contributed by atoms with Crippen LogP contribution in [-0.4, -0.2) is 22.8 Å².